The van der Waals surface area contributed by atoms with E-state index < -0.39 is 100 Å². The number of hydrogen-bond donors (Lipinski definition) is 6. The van der Waals surface area contributed by atoms with E-state index >= 15 is 9.59 Å². The van der Waals surface area contributed by atoms with Crippen molar-refractivity contribution in [1.29, 1.82) is 0 Å². The number of aliphatic hydroxyl groups excluding tert-OH is 3. The van der Waals surface area contributed by atoms with E-state index in [1.807, 2.05) is 76.3 Å². The first kappa shape index (κ1) is 54.0. The Labute approximate surface area is 441 Å². The zero-order valence-corrected chi connectivity index (χ0v) is 45.9. The Balaban J connectivity index is 0.000000199. The van der Waals surface area contributed by atoms with E-state index in [0.29, 0.717) is 29.7 Å². The highest BCUT2D eigenvalue weighted by Crippen LogP contribution is 2.63. The summed E-state index contributed by atoms with van der Waals surface area (Å²) in [6.45, 7) is 16.1. The number of likely N-dealkylation sites (N-methyl/N-ethyl adjacent to an activating group) is 1. The van der Waals surface area contributed by atoms with Crippen molar-refractivity contribution in [1.82, 2.24) is 24.9 Å². The molecule has 0 bridgehead atoms. The molecule has 3 aromatic heterocycles. The molecule has 6 aliphatic rings. The molecule has 0 aliphatic heterocycles. The molecule has 0 unspecified atom stereocenters. The van der Waals surface area contributed by atoms with Crippen molar-refractivity contribution < 1.29 is 63.2 Å². The number of nitrogens with two attached hydrogens (primary N) is 1. The number of nitrogens with zero attached hydrogens (tertiary/aromatic N) is 5. The number of primary amides is 1. The molecule has 6 aliphatic carbocycles. The van der Waals surface area contributed by atoms with Crippen LogP contribution in [0.1, 0.15) is 103 Å². The summed E-state index contributed by atoms with van der Waals surface area (Å²) in [6.07, 6.45) is 7.15. The average molecular weight is 1060 g/mol. The SMILES string of the molecule is CN(C)[C@@H]1C(=O)C(C(N)=O)=C(O)[C@@]2(O)C(=O)C3=C(O)c4c(O)cncc4C[C@@]3(C)C[C@@H]12.Cc1cncc2c1C(O)=C1C(=O)[C@]3(O[Si](C)(C)C(C)(C)C)C(=O)c4c(OCc5ccccc5)noc4[C@@H](N(C)C)[C@@H]3C[C@]1(C)C2. The monoisotopic (exact) mass is 1060 g/mol. The standard InChI is InChI=1S/C35H43N3O6Si.C21H23N3O7/c1-20-17-36-18-22-15-34(5)16-23-27(38(6)7)29-25(32(37-43-29)42-19-21-13-11-10-12-14-21)30(40)35(23,44-45(8,9)33(2,3)4)31(41)26(34)28(39)24(20)22;1-20-4-8-6-23-7-10(25)11(8)15(26)13(20)18(29)21(31)9(5-20)14(24(2)3)16(27)12(17(21)28)19(22)30/h10-14,17-18,23,27,39H,15-16,19H2,1-9H3;6-7,9,14,25-26,28,31H,4-5H2,1-3H3,(H2,22,30)/t23-,27-,34-,35+;9-,14-,20-,21+/m00/s1. The number of aryl methyl sites for hydroxylation is 1. The predicted octanol–water partition coefficient (Wildman–Crippen LogP) is 6.39. The summed E-state index contributed by atoms with van der Waals surface area (Å²) in [5.74, 6) is -7.48. The second kappa shape index (κ2) is 18.1. The number of aliphatic hydroxyl groups is 4. The third kappa shape index (κ3) is 7.80. The highest BCUT2D eigenvalue weighted by molar-refractivity contribution is 6.74. The maximum Gasteiger partial charge on any atom is 0.265 e. The number of carbonyl (C=O) groups excluding carboxylic acids is 5. The minimum atomic E-state index is -2.80. The molecule has 0 spiro atoms. The summed E-state index contributed by atoms with van der Waals surface area (Å²) in [4.78, 5) is 80.9. The van der Waals surface area contributed by atoms with Gasteiger partial charge in [-0.25, -0.2) is 0 Å². The number of amides is 1. The van der Waals surface area contributed by atoms with Crippen LogP contribution in [-0.4, -0.2) is 133 Å². The van der Waals surface area contributed by atoms with Gasteiger partial charge in [0.15, 0.2) is 31.1 Å². The van der Waals surface area contributed by atoms with Crippen LogP contribution in [0.3, 0.4) is 0 Å². The van der Waals surface area contributed by atoms with Gasteiger partial charge in [0.1, 0.15) is 40.8 Å². The fourth-order valence-corrected chi connectivity index (χ4v) is 14.3. The predicted molar refractivity (Wildman–Crippen MR) is 279 cm³/mol. The molecule has 10 rings (SSSR count). The van der Waals surface area contributed by atoms with E-state index in [2.05, 4.69) is 35.9 Å². The summed E-state index contributed by atoms with van der Waals surface area (Å²) in [5, 5.41) is 59.3. The molecular weight excluding hydrogens is 993 g/mol. The molecule has 0 saturated heterocycles. The average Bonchev–Trinajstić information content (AvgIpc) is 3.91. The summed E-state index contributed by atoms with van der Waals surface area (Å²) < 4.78 is 19.2. The van der Waals surface area contributed by atoms with Gasteiger partial charge in [-0.3, -0.25) is 43.7 Å². The third-order valence-electron chi connectivity index (χ3n) is 17.3. The lowest BCUT2D eigenvalue weighted by atomic mass is 9.52. The number of ether oxygens (including phenoxy) is 1. The van der Waals surface area contributed by atoms with Crippen molar-refractivity contribution in [2.75, 3.05) is 28.2 Å². The number of benzene rings is 1. The summed E-state index contributed by atoms with van der Waals surface area (Å²) in [7, 11) is 4.13. The van der Waals surface area contributed by atoms with Gasteiger partial charge in [-0.1, -0.05) is 65.0 Å². The van der Waals surface area contributed by atoms with Crippen LogP contribution in [0.15, 0.2) is 82.1 Å². The largest absolute Gasteiger partial charge is 0.508 e. The van der Waals surface area contributed by atoms with Crippen LogP contribution < -0.4 is 10.5 Å². The molecule has 3 heterocycles. The normalized spacial score (nSPS) is 28.9. The fourth-order valence-electron chi connectivity index (χ4n) is 12.8. The van der Waals surface area contributed by atoms with Crippen LogP contribution >= 0.6 is 0 Å². The fraction of sp³-hybridized carbons (Fsp3) is 0.464. The lowest BCUT2D eigenvalue weighted by molar-refractivity contribution is -0.156. The molecule has 76 heavy (non-hydrogen) atoms. The first-order valence-corrected chi connectivity index (χ1v) is 28.1. The molecule has 7 N–H and O–H groups in total. The van der Waals surface area contributed by atoms with E-state index in [0.717, 1.165) is 22.9 Å². The molecule has 2 fully saturated rings. The van der Waals surface area contributed by atoms with Crippen LogP contribution in [0.25, 0.3) is 11.5 Å². The van der Waals surface area contributed by atoms with Crippen molar-refractivity contribution in [3.05, 3.63) is 122 Å². The van der Waals surface area contributed by atoms with E-state index in [-0.39, 0.29) is 64.1 Å². The molecule has 19 nitrogen and oxygen atoms in total. The second-order valence-electron chi connectivity index (χ2n) is 23.8. The Kier molecular flexibility index (Phi) is 12.9. The Morgan fingerprint density at radius 1 is 0.789 bits per heavy atom. The van der Waals surface area contributed by atoms with Gasteiger partial charge < -0.3 is 45.0 Å². The first-order valence-electron chi connectivity index (χ1n) is 25.2. The van der Waals surface area contributed by atoms with Crippen LogP contribution in [0.5, 0.6) is 11.6 Å². The second-order valence-corrected chi connectivity index (χ2v) is 28.6. The molecule has 0 radical (unpaired) electrons. The van der Waals surface area contributed by atoms with Gasteiger partial charge in [0.2, 0.25) is 17.3 Å². The Morgan fingerprint density at radius 3 is 1.92 bits per heavy atom. The van der Waals surface area contributed by atoms with E-state index in [4.69, 9.17) is 19.4 Å². The van der Waals surface area contributed by atoms with Crippen LogP contribution in [-0.2, 0) is 43.1 Å². The molecular formula is C56H66N6O13Si. The smallest absolute Gasteiger partial charge is 0.265 e. The van der Waals surface area contributed by atoms with Gasteiger partial charge >= 0.3 is 0 Å². The van der Waals surface area contributed by atoms with Gasteiger partial charge in [-0.05, 0) is 106 Å². The number of fused-ring (bicyclic) bond motifs is 7. The lowest BCUT2D eigenvalue weighted by Gasteiger charge is -2.57. The highest BCUT2D eigenvalue weighted by atomic mass is 28.4. The van der Waals surface area contributed by atoms with Crippen molar-refractivity contribution >= 4 is 48.9 Å². The number of Topliss-reactive ketones (excluding diaryl/α,β-unsaturated/α-hetero) is 4. The number of rotatable bonds is 8. The Morgan fingerprint density at radius 2 is 1.34 bits per heavy atom. The topological polar surface area (TPSA) is 289 Å². The molecule has 20 heteroatoms. The minimum absolute atomic E-state index is 0.0208. The third-order valence-corrected chi connectivity index (χ3v) is 21.7. The molecule has 4 aromatic rings. The van der Waals surface area contributed by atoms with Gasteiger partial charge in [-0.2, -0.15) is 0 Å². The minimum Gasteiger partial charge on any atom is -0.508 e. The van der Waals surface area contributed by atoms with Gasteiger partial charge in [0.05, 0.1) is 23.8 Å². The quantitative estimate of drug-likeness (QED) is 0.0633. The van der Waals surface area contributed by atoms with E-state index in [1.54, 1.807) is 33.4 Å². The van der Waals surface area contributed by atoms with Gasteiger partial charge in [-0.15, -0.1) is 0 Å². The maximum absolute atomic E-state index is 15.4. The highest BCUT2D eigenvalue weighted by Gasteiger charge is 2.71. The number of carbonyl (C=O) groups is 5. The number of pyridine rings is 2. The van der Waals surface area contributed by atoms with Crippen molar-refractivity contribution in [2.45, 2.75) is 115 Å². The van der Waals surface area contributed by atoms with Crippen LogP contribution in [0.2, 0.25) is 18.1 Å². The van der Waals surface area contributed by atoms with E-state index in [9.17, 15) is 39.9 Å². The molecule has 8 atom stereocenters. The van der Waals surface area contributed by atoms with Gasteiger partial charge in [0, 0.05) is 58.0 Å². The number of aromatic hydroxyl groups is 1. The summed E-state index contributed by atoms with van der Waals surface area (Å²) >= 11 is 0. The van der Waals surface area contributed by atoms with Crippen molar-refractivity contribution in [2.24, 2.45) is 28.4 Å². The zero-order valence-electron chi connectivity index (χ0n) is 44.9. The van der Waals surface area contributed by atoms with Crippen molar-refractivity contribution in [3.8, 4) is 11.6 Å². The number of ketones is 4. The maximum atomic E-state index is 15.4. The summed E-state index contributed by atoms with van der Waals surface area (Å²) in [6, 6.07) is 7.96. The lowest BCUT2D eigenvalue weighted by Crippen LogP contribution is -2.69. The zero-order chi connectivity index (χ0) is 55.7. The molecule has 402 valence electrons. The Hall–Kier alpha value is -6.84. The number of aromatic nitrogens is 3. The molecule has 1 amide bonds. The van der Waals surface area contributed by atoms with Crippen molar-refractivity contribution in [3.63, 3.8) is 0 Å². The van der Waals surface area contributed by atoms with Crippen LogP contribution in [0.4, 0.5) is 0 Å². The van der Waals surface area contributed by atoms with Gasteiger partial charge in [0.25, 0.3) is 11.8 Å². The van der Waals surface area contributed by atoms with Crippen LogP contribution in [0, 0.1) is 29.6 Å². The molecule has 2 saturated carbocycles. The first-order chi connectivity index (χ1) is 35.4. The molecule has 1 aromatic carbocycles. The number of hydrogen-bond acceptors (Lipinski definition) is 18. The van der Waals surface area contributed by atoms with E-state index in [1.165, 1.54) is 11.1 Å². The Bertz CT molecular complexity index is 3260. The summed E-state index contributed by atoms with van der Waals surface area (Å²) in [5.41, 5.74) is 1.96.